The van der Waals surface area contributed by atoms with Crippen LogP contribution in [0.5, 0.6) is 0 Å². The van der Waals surface area contributed by atoms with Gasteiger partial charge in [0.2, 0.25) is 0 Å². The summed E-state index contributed by atoms with van der Waals surface area (Å²) in [5, 5.41) is 3.37. The largest absolute Gasteiger partial charge is 0.317 e. The molecule has 17 heavy (non-hydrogen) atoms. The Morgan fingerprint density at radius 2 is 1.82 bits per heavy atom. The van der Waals surface area contributed by atoms with Gasteiger partial charge in [-0.05, 0) is 44.6 Å². The molecule has 0 atom stereocenters. The fraction of sp³-hybridized carbons (Fsp3) is 0.600. The highest BCUT2D eigenvalue weighted by Gasteiger charge is 2.02. The van der Waals surface area contributed by atoms with Crippen molar-refractivity contribution in [3.8, 4) is 0 Å². The second-order valence-electron chi connectivity index (χ2n) is 4.42. The molecule has 1 aromatic carbocycles. The van der Waals surface area contributed by atoms with Crippen LogP contribution in [0.1, 0.15) is 32.3 Å². The van der Waals surface area contributed by atoms with E-state index in [0.29, 0.717) is 0 Å². The number of unbranched alkanes of at least 4 members (excludes halogenated alkanes) is 1. The van der Waals surface area contributed by atoms with E-state index in [4.69, 9.17) is 0 Å². The number of hydrogen-bond donors (Lipinski definition) is 1. The molecule has 0 saturated carbocycles. The maximum absolute atomic E-state index is 3.37. The molecule has 1 rings (SSSR count). The van der Waals surface area contributed by atoms with Gasteiger partial charge in [-0.1, -0.05) is 44.2 Å². The lowest BCUT2D eigenvalue weighted by Gasteiger charge is -2.20. The summed E-state index contributed by atoms with van der Waals surface area (Å²) >= 11 is 0. The van der Waals surface area contributed by atoms with E-state index in [-0.39, 0.29) is 0 Å². The van der Waals surface area contributed by atoms with Crippen LogP contribution in [0.25, 0.3) is 0 Å². The number of nitrogens with zero attached hydrogens (tertiary/aromatic N) is 1. The Morgan fingerprint density at radius 3 is 2.47 bits per heavy atom. The summed E-state index contributed by atoms with van der Waals surface area (Å²) in [4.78, 5) is 2.52. The zero-order chi connectivity index (χ0) is 12.3. The second kappa shape index (κ2) is 9.20. The van der Waals surface area contributed by atoms with Crippen LogP contribution in [0.4, 0.5) is 0 Å². The zero-order valence-electron chi connectivity index (χ0n) is 11.3. The zero-order valence-corrected chi connectivity index (χ0v) is 11.3. The van der Waals surface area contributed by atoms with E-state index in [1.807, 2.05) is 0 Å². The van der Waals surface area contributed by atoms with Gasteiger partial charge in [0.15, 0.2) is 0 Å². The average Bonchev–Trinajstić information content (AvgIpc) is 2.38. The van der Waals surface area contributed by atoms with Crippen molar-refractivity contribution in [3.63, 3.8) is 0 Å². The van der Waals surface area contributed by atoms with Crippen LogP contribution in [-0.2, 0) is 6.54 Å². The minimum atomic E-state index is 1.08. The van der Waals surface area contributed by atoms with E-state index in [0.717, 1.165) is 26.2 Å². The first kappa shape index (κ1) is 14.2. The van der Waals surface area contributed by atoms with E-state index in [9.17, 15) is 0 Å². The van der Waals surface area contributed by atoms with Gasteiger partial charge in [-0.2, -0.15) is 0 Å². The molecule has 0 unspecified atom stereocenters. The van der Waals surface area contributed by atoms with Crippen molar-refractivity contribution in [2.75, 3.05) is 26.2 Å². The van der Waals surface area contributed by atoms with Crippen molar-refractivity contribution < 1.29 is 0 Å². The molecule has 2 nitrogen and oxygen atoms in total. The van der Waals surface area contributed by atoms with Crippen molar-refractivity contribution in [2.24, 2.45) is 0 Å². The molecule has 1 aromatic rings. The maximum Gasteiger partial charge on any atom is 0.0233 e. The number of benzene rings is 1. The highest BCUT2D eigenvalue weighted by atomic mass is 15.1. The third kappa shape index (κ3) is 6.44. The van der Waals surface area contributed by atoms with E-state index in [1.54, 1.807) is 0 Å². The average molecular weight is 234 g/mol. The standard InChI is InChI=1S/C15H26N2/c1-3-16-12-8-9-13-17(4-2)14-15-10-6-5-7-11-15/h5-7,10-11,16H,3-4,8-9,12-14H2,1-2H3. The molecule has 0 aliphatic carbocycles. The topological polar surface area (TPSA) is 15.3 Å². The summed E-state index contributed by atoms with van der Waals surface area (Å²) in [7, 11) is 0. The van der Waals surface area contributed by atoms with Crippen molar-refractivity contribution >= 4 is 0 Å². The van der Waals surface area contributed by atoms with Crippen LogP contribution in [0, 0.1) is 0 Å². The molecule has 0 aromatic heterocycles. The van der Waals surface area contributed by atoms with Gasteiger partial charge in [-0.25, -0.2) is 0 Å². The Hall–Kier alpha value is -0.860. The minimum absolute atomic E-state index is 1.08. The van der Waals surface area contributed by atoms with Crippen LogP contribution in [0.2, 0.25) is 0 Å². The molecule has 0 fully saturated rings. The lowest BCUT2D eigenvalue weighted by Crippen LogP contribution is -2.25. The minimum Gasteiger partial charge on any atom is -0.317 e. The molecule has 0 bridgehead atoms. The SMILES string of the molecule is CCNCCCCN(CC)Cc1ccccc1. The molecular weight excluding hydrogens is 208 g/mol. The summed E-state index contributed by atoms with van der Waals surface area (Å²) in [6, 6.07) is 10.7. The van der Waals surface area contributed by atoms with Gasteiger partial charge in [-0.15, -0.1) is 0 Å². The molecule has 0 radical (unpaired) electrons. The Morgan fingerprint density at radius 1 is 1.06 bits per heavy atom. The van der Waals surface area contributed by atoms with Gasteiger partial charge < -0.3 is 5.32 Å². The van der Waals surface area contributed by atoms with Crippen LogP contribution in [-0.4, -0.2) is 31.1 Å². The maximum atomic E-state index is 3.37. The number of nitrogens with one attached hydrogen (secondary N) is 1. The first-order valence-corrected chi connectivity index (χ1v) is 6.83. The van der Waals surface area contributed by atoms with Gasteiger partial charge in [0.1, 0.15) is 0 Å². The molecule has 0 spiro atoms. The summed E-state index contributed by atoms with van der Waals surface area (Å²) in [5.74, 6) is 0. The van der Waals surface area contributed by atoms with Crippen LogP contribution in [0.15, 0.2) is 30.3 Å². The second-order valence-corrected chi connectivity index (χ2v) is 4.42. The summed E-state index contributed by atoms with van der Waals surface area (Å²) in [6.45, 7) is 10.1. The van der Waals surface area contributed by atoms with E-state index in [1.165, 1.54) is 24.9 Å². The fourth-order valence-electron chi connectivity index (χ4n) is 1.95. The smallest absolute Gasteiger partial charge is 0.0233 e. The summed E-state index contributed by atoms with van der Waals surface area (Å²) in [6.07, 6.45) is 2.56. The predicted octanol–water partition coefficient (Wildman–Crippen LogP) is 2.90. The monoisotopic (exact) mass is 234 g/mol. The Bertz CT molecular complexity index is 272. The molecule has 0 saturated heterocycles. The lowest BCUT2D eigenvalue weighted by atomic mass is 10.2. The van der Waals surface area contributed by atoms with Gasteiger partial charge in [-0.3, -0.25) is 4.90 Å². The van der Waals surface area contributed by atoms with E-state index in [2.05, 4.69) is 54.4 Å². The molecule has 2 heteroatoms. The van der Waals surface area contributed by atoms with Crippen LogP contribution >= 0.6 is 0 Å². The first-order chi connectivity index (χ1) is 8.36. The number of hydrogen-bond acceptors (Lipinski definition) is 2. The fourth-order valence-corrected chi connectivity index (χ4v) is 1.95. The molecular formula is C15H26N2. The van der Waals surface area contributed by atoms with Crippen LogP contribution in [0.3, 0.4) is 0 Å². The van der Waals surface area contributed by atoms with E-state index >= 15 is 0 Å². The third-order valence-electron chi connectivity index (χ3n) is 3.02. The third-order valence-corrected chi connectivity index (χ3v) is 3.02. The molecule has 0 aliphatic heterocycles. The lowest BCUT2D eigenvalue weighted by molar-refractivity contribution is 0.273. The van der Waals surface area contributed by atoms with Gasteiger partial charge in [0.25, 0.3) is 0 Å². The normalized spacial score (nSPS) is 11.0. The Balaban J connectivity index is 2.20. The summed E-state index contributed by atoms with van der Waals surface area (Å²) in [5.41, 5.74) is 1.42. The molecule has 1 N–H and O–H groups in total. The predicted molar refractivity (Wildman–Crippen MR) is 75.2 cm³/mol. The molecule has 96 valence electrons. The van der Waals surface area contributed by atoms with E-state index < -0.39 is 0 Å². The highest BCUT2D eigenvalue weighted by Crippen LogP contribution is 2.05. The van der Waals surface area contributed by atoms with Crippen molar-refractivity contribution in [1.29, 1.82) is 0 Å². The number of rotatable bonds is 9. The quantitative estimate of drug-likeness (QED) is 0.661. The molecule has 0 heterocycles. The molecule has 0 aliphatic rings. The van der Waals surface area contributed by atoms with Crippen molar-refractivity contribution in [1.82, 2.24) is 10.2 Å². The van der Waals surface area contributed by atoms with Crippen molar-refractivity contribution in [3.05, 3.63) is 35.9 Å². The van der Waals surface area contributed by atoms with Gasteiger partial charge in [0.05, 0.1) is 0 Å². The summed E-state index contributed by atoms with van der Waals surface area (Å²) < 4.78 is 0. The van der Waals surface area contributed by atoms with Gasteiger partial charge >= 0.3 is 0 Å². The first-order valence-electron chi connectivity index (χ1n) is 6.83. The van der Waals surface area contributed by atoms with Crippen LogP contribution < -0.4 is 5.32 Å². The molecule has 0 amide bonds. The van der Waals surface area contributed by atoms with Crippen molar-refractivity contribution in [2.45, 2.75) is 33.2 Å². The Labute approximate surface area is 106 Å². The Kier molecular flexibility index (Phi) is 7.69. The van der Waals surface area contributed by atoms with Gasteiger partial charge in [0, 0.05) is 6.54 Å². The highest BCUT2D eigenvalue weighted by molar-refractivity contribution is 5.14.